The molecule has 4 rings (SSSR count). The summed E-state index contributed by atoms with van der Waals surface area (Å²) in [5.41, 5.74) is 2.10. The lowest BCUT2D eigenvalue weighted by atomic mass is 10.0. The van der Waals surface area contributed by atoms with Crippen LogP contribution in [0.25, 0.3) is 0 Å². The van der Waals surface area contributed by atoms with Crippen LogP contribution in [0.2, 0.25) is 0 Å². The summed E-state index contributed by atoms with van der Waals surface area (Å²) in [5, 5.41) is 3.58. The van der Waals surface area contributed by atoms with E-state index in [0.29, 0.717) is 17.3 Å². The molecule has 0 saturated heterocycles. The van der Waals surface area contributed by atoms with Crippen LogP contribution in [-0.4, -0.2) is 21.1 Å². The Labute approximate surface area is 166 Å². The Morgan fingerprint density at radius 2 is 1.64 bits per heavy atom. The molecule has 1 aliphatic rings. The average Bonchev–Trinajstić information content (AvgIpc) is 3.16. The zero-order chi connectivity index (χ0) is 19.7. The van der Waals surface area contributed by atoms with E-state index in [9.17, 15) is 13.2 Å². The van der Waals surface area contributed by atoms with Gasteiger partial charge in [0.2, 0.25) is 0 Å². The molecule has 3 nitrogen and oxygen atoms in total. The molecule has 1 unspecified atom stereocenters. The third-order valence-electron chi connectivity index (χ3n) is 4.88. The van der Waals surface area contributed by atoms with Crippen LogP contribution < -0.4 is 5.32 Å². The lowest BCUT2D eigenvalue weighted by Crippen LogP contribution is -2.44. The first-order chi connectivity index (χ1) is 13.4. The van der Waals surface area contributed by atoms with E-state index in [4.69, 9.17) is 12.2 Å². The van der Waals surface area contributed by atoms with Crippen molar-refractivity contribution in [1.82, 2.24) is 9.47 Å². The predicted octanol–water partition coefficient (Wildman–Crippen LogP) is 5.31. The monoisotopic (exact) mass is 401 g/mol. The fourth-order valence-electron chi connectivity index (χ4n) is 3.53. The Bertz CT molecular complexity index is 965. The lowest BCUT2D eigenvalue weighted by Gasteiger charge is -2.39. The average molecular weight is 401 g/mol. The smallest absolute Gasteiger partial charge is 0.348 e. The molecule has 0 fully saturated rings. The standard InChI is InChI=1S/C21H18F3N3S/c22-21(23,24)16-8-10-17(11-9-16)25-20(28)27-14-13-26-12-4-7-18(26)19(27)15-5-2-1-3-6-15/h1-12,19H,13-14H2,(H,25,28). The number of fused-ring (bicyclic) bond motifs is 1. The number of anilines is 1. The number of aromatic nitrogens is 1. The Hall–Kier alpha value is -2.80. The molecule has 3 aromatic rings. The molecule has 7 heteroatoms. The summed E-state index contributed by atoms with van der Waals surface area (Å²) in [7, 11) is 0. The van der Waals surface area contributed by atoms with Gasteiger partial charge in [0.1, 0.15) is 0 Å². The fourth-order valence-corrected chi connectivity index (χ4v) is 3.84. The molecule has 1 N–H and O–H groups in total. The van der Waals surface area contributed by atoms with Gasteiger partial charge in [-0.15, -0.1) is 0 Å². The van der Waals surface area contributed by atoms with E-state index in [1.54, 1.807) is 0 Å². The number of benzene rings is 2. The molecule has 0 aliphatic carbocycles. The zero-order valence-electron chi connectivity index (χ0n) is 14.9. The van der Waals surface area contributed by atoms with Crippen LogP contribution in [0.3, 0.4) is 0 Å². The first-order valence-electron chi connectivity index (χ1n) is 8.88. The largest absolute Gasteiger partial charge is 0.416 e. The molecule has 1 aromatic heterocycles. The van der Waals surface area contributed by atoms with Crippen molar-refractivity contribution >= 4 is 23.0 Å². The summed E-state index contributed by atoms with van der Waals surface area (Å²) in [6.07, 6.45) is -2.30. The highest BCUT2D eigenvalue weighted by Crippen LogP contribution is 2.33. The van der Waals surface area contributed by atoms with Crippen LogP contribution in [-0.2, 0) is 12.7 Å². The van der Waals surface area contributed by atoms with Gasteiger partial charge in [0.25, 0.3) is 0 Å². The van der Waals surface area contributed by atoms with Crippen LogP contribution in [0.5, 0.6) is 0 Å². The first kappa shape index (κ1) is 18.6. The van der Waals surface area contributed by atoms with Gasteiger partial charge < -0.3 is 14.8 Å². The van der Waals surface area contributed by atoms with Crippen molar-refractivity contribution in [3.63, 3.8) is 0 Å². The summed E-state index contributed by atoms with van der Waals surface area (Å²) in [4.78, 5) is 2.08. The SMILES string of the molecule is FC(F)(F)c1ccc(NC(=S)N2CCn3cccc3C2c2ccccc2)cc1. The normalized spacial score (nSPS) is 16.5. The van der Waals surface area contributed by atoms with Crippen molar-refractivity contribution in [2.24, 2.45) is 0 Å². The molecule has 2 heterocycles. The molecule has 1 aliphatic heterocycles. The van der Waals surface area contributed by atoms with E-state index in [-0.39, 0.29) is 6.04 Å². The zero-order valence-corrected chi connectivity index (χ0v) is 15.7. The minimum atomic E-state index is -4.35. The molecular formula is C21H18F3N3S. The maximum atomic E-state index is 12.8. The molecule has 144 valence electrons. The quantitative estimate of drug-likeness (QED) is 0.588. The number of nitrogens with zero attached hydrogens (tertiary/aromatic N) is 2. The van der Waals surface area contributed by atoms with E-state index in [2.05, 4.69) is 39.2 Å². The molecule has 0 amide bonds. The number of halogens is 3. The second-order valence-electron chi connectivity index (χ2n) is 6.64. The van der Waals surface area contributed by atoms with Gasteiger partial charge in [-0.25, -0.2) is 0 Å². The third kappa shape index (κ3) is 3.62. The van der Waals surface area contributed by atoms with E-state index in [1.807, 2.05) is 24.3 Å². The van der Waals surface area contributed by atoms with Gasteiger partial charge in [-0.3, -0.25) is 0 Å². The van der Waals surface area contributed by atoms with Crippen LogP contribution in [0.1, 0.15) is 22.9 Å². The number of hydrogen-bond donors (Lipinski definition) is 1. The second kappa shape index (κ2) is 7.31. The van der Waals surface area contributed by atoms with Gasteiger partial charge in [0.15, 0.2) is 5.11 Å². The Kier molecular flexibility index (Phi) is 4.85. The molecule has 0 saturated carbocycles. The summed E-state index contributed by atoms with van der Waals surface area (Å²) >= 11 is 5.63. The van der Waals surface area contributed by atoms with Crippen molar-refractivity contribution in [2.45, 2.75) is 18.8 Å². The van der Waals surface area contributed by atoms with Crippen LogP contribution in [0.4, 0.5) is 18.9 Å². The van der Waals surface area contributed by atoms with Crippen molar-refractivity contribution in [1.29, 1.82) is 0 Å². The van der Waals surface area contributed by atoms with Gasteiger partial charge in [0.05, 0.1) is 11.6 Å². The van der Waals surface area contributed by atoms with Crippen molar-refractivity contribution in [2.75, 3.05) is 11.9 Å². The topological polar surface area (TPSA) is 20.2 Å². The minimum Gasteiger partial charge on any atom is -0.348 e. The lowest BCUT2D eigenvalue weighted by molar-refractivity contribution is -0.137. The predicted molar refractivity (Wildman–Crippen MR) is 107 cm³/mol. The molecule has 2 aromatic carbocycles. The van der Waals surface area contributed by atoms with E-state index in [0.717, 1.165) is 29.9 Å². The number of nitrogens with one attached hydrogen (secondary N) is 1. The molecule has 0 bridgehead atoms. The van der Waals surface area contributed by atoms with Crippen LogP contribution in [0, 0.1) is 0 Å². The summed E-state index contributed by atoms with van der Waals surface area (Å²) in [5.74, 6) is 0. The van der Waals surface area contributed by atoms with Crippen molar-refractivity contribution in [3.05, 3.63) is 89.7 Å². The third-order valence-corrected chi connectivity index (χ3v) is 5.21. The molecule has 0 spiro atoms. The molecule has 0 radical (unpaired) electrons. The van der Waals surface area contributed by atoms with Gasteiger partial charge >= 0.3 is 6.18 Å². The van der Waals surface area contributed by atoms with E-state index < -0.39 is 11.7 Å². The number of thiocarbonyl (C=S) groups is 1. The second-order valence-corrected chi connectivity index (χ2v) is 7.03. The van der Waals surface area contributed by atoms with Gasteiger partial charge in [0, 0.05) is 30.7 Å². The minimum absolute atomic E-state index is 0.0561. The fraction of sp³-hybridized carbons (Fsp3) is 0.190. The maximum Gasteiger partial charge on any atom is 0.416 e. The first-order valence-corrected chi connectivity index (χ1v) is 9.29. The van der Waals surface area contributed by atoms with E-state index in [1.165, 1.54) is 12.1 Å². The Morgan fingerprint density at radius 3 is 2.32 bits per heavy atom. The van der Waals surface area contributed by atoms with Gasteiger partial charge in [-0.2, -0.15) is 13.2 Å². The maximum absolute atomic E-state index is 12.8. The van der Waals surface area contributed by atoms with Crippen LogP contribution >= 0.6 is 12.2 Å². The number of alkyl halides is 3. The number of hydrogen-bond acceptors (Lipinski definition) is 1. The van der Waals surface area contributed by atoms with Gasteiger partial charge in [-0.05, 0) is 54.2 Å². The highest BCUT2D eigenvalue weighted by atomic mass is 32.1. The van der Waals surface area contributed by atoms with Crippen LogP contribution in [0.15, 0.2) is 72.9 Å². The van der Waals surface area contributed by atoms with E-state index >= 15 is 0 Å². The highest BCUT2D eigenvalue weighted by molar-refractivity contribution is 7.80. The van der Waals surface area contributed by atoms with Gasteiger partial charge in [-0.1, -0.05) is 30.3 Å². The van der Waals surface area contributed by atoms with Crippen molar-refractivity contribution in [3.8, 4) is 0 Å². The summed E-state index contributed by atoms with van der Waals surface area (Å²) in [6.45, 7) is 1.49. The molecular weight excluding hydrogens is 383 g/mol. The number of rotatable bonds is 2. The Morgan fingerprint density at radius 1 is 0.929 bits per heavy atom. The Balaban J connectivity index is 1.59. The highest BCUT2D eigenvalue weighted by Gasteiger charge is 2.31. The summed E-state index contributed by atoms with van der Waals surface area (Å²) < 4.78 is 40.5. The van der Waals surface area contributed by atoms with Crippen molar-refractivity contribution < 1.29 is 13.2 Å². The molecule has 1 atom stereocenters. The summed E-state index contributed by atoms with van der Waals surface area (Å²) in [6, 6.07) is 19.0. The molecule has 28 heavy (non-hydrogen) atoms.